The van der Waals surface area contributed by atoms with E-state index in [9.17, 15) is 14.4 Å². The maximum Gasteiger partial charge on any atom is 0.331 e. The summed E-state index contributed by atoms with van der Waals surface area (Å²) in [6.07, 6.45) is 1.63. The van der Waals surface area contributed by atoms with E-state index in [4.69, 9.17) is 0 Å². The van der Waals surface area contributed by atoms with Crippen LogP contribution in [0.4, 0.5) is 5.13 Å². The van der Waals surface area contributed by atoms with Gasteiger partial charge in [-0.05, 0) is 6.07 Å². The Balaban J connectivity index is 1.58. The minimum Gasteiger partial charge on any atom is -0.332 e. The molecule has 4 aromatic rings. The van der Waals surface area contributed by atoms with E-state index in [1.54, 1.807) is 19.3 Å². The van der Waals surface area contributed by atoms with Crippen molar-refractivity contribution in [3.05, 3.63) is 68.8 Å². The van der Waals surface area contributed by atoms with Crippen LogP contribution in [-0.2, 0) is 25.4 Å². The van der Waals surface area contributed by atoms with Crippen LogP contribution in [0.25, 0.3) is 22.3 Å². The van der Waals surface area contributed by atoms with Gasteiger partial charge in [-0.2, -0.15) is 0 Å². The molecule has 0 saturated carbocycles. The molecule has 1 amide bonds. The highest BCUT2D eigenvalue weighted by Gasteiger charge is 2.15. The first-order valence-electron chi connectivity index (χ1n) is 8.51. The fourth-order valence-corrected chi connectivity index (χ4v) is 3.79. The van der Waals surface area contributed by atoms with Crippen LogP contribution in [-0.4, -0.2) is 24.6 Å². The van der Waals surface area contributed by atoms with Crippen molar-refractivity contribution in [1.82, 2.24) is 18.7 Å². The molecule has 0 aliphatic heterocycles. The van der Waals surface area contributed by atoms with Gasteiger partial charge < -0.3 is 9.88 Å². The van der Waals surface area contributed by atoms with Crippen molar-refractivity contribution < 1.29 is 4.79 Å². The standard InChI is InChI=1S/C19H17N5O3S/c1-22-14-8-9-24(16(14)17(26)23(2)19(22)27)10-15(25)21-18-20-13(11-28-18)12-6-4-3-5-7-12/h3-9,11H,10H2,1-2H3,(H,20,21,25). The van der Waals surface area contributed by atoms with E-state index in [-0.39, 0.29) is 12.5 Å². The van der Waals surface area contributed by atoms with Gasteiger partial charge in [0, 0.05) is 31.2 Å². The fourth-order valence-electron chi connectivity index (χ4n) is 3.06. The summed E-state index contributed by atoms with van der Waals surface area (Å²) >= 11 is 1.34. The number of benzene rings is 1. The van der Waals surface area contributed by atoms with E-state index in [0.29, 0.717) is 16.2 Å². The summed E-state index contributed by atoms with van der Waals surface area (Å²) in [4.78, 5) is 41.4. The molecule has 0 saturated heterocycles. The molecule has 142 valence electrons. The van der Waals surface area contributed by atoms with Gasteiger partial charge in [-0.15, -0.1) is 11.3 Å². The second kappa shape index (κ2) is 6.93. The van der Waals surface area contributed by atoms with Crippen LogP contribution in [0.5, 0.6) is 0 Å². The number of rotatable bonds is 4. The van der Waals surface area contributed by atoms with E-state index in [0.717, 1.165) is 15.8 Å². The SMILES string of the molecule is Cn1c(=O)c2c(ccn2CC(=O)Nc2nc(-c3ccccc3)cs2)n(C)c1=O. The van der Waals surface area contributed by atoms with Gasteiger partial charge in [0.25, 0.3) is 5.56 Å². The normalized spacial score (nSPS) is 11.1. The van der Waals surface area contributed by atoms with Crippen LogP contribution in [0.2, 0.25) is 0 Å². The molecule has 0 aliphatic rings. The number of aryl methyl sites for hydroxylation is 1. The lowest BCUT2D eigenvalue weighted by atomic mass is 10.2. The van der Waals surface area contributed by atoms with Crippen molar-refractivity contribution in [3.63, 3.8) is 0 Å². The molecule has 0 bridgehead atoms. The molecule has 0 fully saturated rings. The van der Waals surface area contributed by atoms with E-state index in [1.807, 2.05) is 35.7 Å². The Morgan fingerprint density at radius 1 is 1.11 bits per heavy atom. The van der Waals surface area contributed by atoms with Gasteiger partial charge in [-0.25, -0.2) is 9.78 Å². The molecule has 0 unspecified atom stereocenters. The summed E-state index contributed by atoms with van der Waals surface area (Å²) in [6.45, 7) is -0.0583. The average molecular weight is 395 g/mol. The first kappa shape index (κ1) is 17.9. The monoisotopic (exact) mass is 395 g/mol. The summed E-state index contributed by atoms with van der Waals surface area (Å²) in [5, 5.41) is 5.13. The highest BCUT2D eigenvalue weighted by atomic mass is 32.1. The Bertz CT molecular complexity index is 1300. The number of nitrogens with zero attached hydrogens (tertiary/aromatic N) is 4. The number of nitrogens with one attached hydrogen (secondary N) is 1. The minimum absolute atomic E-state index is 0.0583. The molecule has 1 aromatic carbocycles. The van der Waals surface area contributed by atoms with Crippen LogP contribution in [0.1, 0.15) is 0 Å². The highest BCUT2D eigenvalue weighted by molar-refractivity contribution is 7.14. The summed E-state index contributed by atoms with van der Waals surface area (Å²) in [5.74, 6) is -0.303. The maximum atomic E-state index is 12.5. The third kappa shape index (κ3) is 3.05. The van der Waals surface area contributed by atoms with Gasteiger partial charge in [-0.3, -0.25) is 18.7 Å². The molecule has 0 atom stereocenters. The smallest absolute Gasteiger partial charge is 0.331 e. The van der Waals surface area contributed by atoms with Crippen LogP contribution in [0, 0.1) is 0 Å². The summed E-state index contributed by atoms with van der Waals surface area (Å²) in [7, 11) is 3.01. The van der Waals surface area contributed by atoms with Gasteiger partial charge in [0.2, 0.25) is 5.91 Å². The maximum absolute atomic E-state index is 12.5. The van der Waals surface area contributed by atoms with Crippen molar-refractivity contribution in [2.45, 2.75) is 6.54 Å². The lowest BCUT2D eigenvalue weighted by Gasteiger charge is -2.08. The number of hydrogen-bond acceptors (Lipinski definition) is 5. The lowest BCUT2D eigenvalue weighted by Crippen LogP contribution is -2.37. The molecule has 0 spiro atoms. The Morgan fingerprint density at radius 2 is 1.86 bits per heavy atom. The number of hydrogen-bond donors (Lipinski definition) is 1. The Hall–Kier alpha value is -3.46. The number of fused-ring (bicyclic) bond motifs is 1. The van der Waals surface area contributed by atoms with E-state index in [1.165, 1.54) is 27.5 Å². The zero-order valence-electron chi connectivity index (χ0n) is 15.2. The average Bonchev–Trinajstić information content (AvgIpc) is 3.33. The molecule has 4 rings (SSSR count). The quantitative estimate of drug-likeness (QED) is 0.570. The van der Waals surface area contributed by atoms with Gasteiger partial charge in [-0.1, -0.05) is 30.3 Å². The molecule has 0 radical (unpaired) electrons. The van der Waals surface area contributed by atoms with E-state index in [2.05, 4.69) is 10.3 Å². The van der Waals surface area contributed by atoms with Crippen LogP contribution in [0.15, 0.2) is 57.6 Å². The fraction of sp³-hybridized carbons (Fsp3) is 0.158. The zero-order chi connectivity index (χ0) is 19.8. The third-order valence-electron chi connectivity index (χ3n) is 4.52. The number of anilines is 1. The molecule has 3 aromatic heterocycles. The predicted molar refractivity (Wildman–Crippen MR) is 109 cm³/mol. The van der Waals surface area contributed by atoms with Gasteiger partial charge in [0.1, 0.15) is 12.1 Å². The molecule has 0 aliphatic carbocycles. The van der Waals surface area contributed by atoms with Crippen molar-refractivity contribution in [1.29, 1.82) is 0 Å². The molecule has 9 heteroatoms. The van der Waals surface area contributed by atoms with Gasteiger partial charge in [0.15, 0.2) is 5.13 Å². The molecular weight excluding hydrogens is 378 g/mol. The van der Waals surface area contributed by atoms with Crippen LogP contribution >= 0.6 is 11.3 Å². The second-order valence-electron chi connectivity index (χ2n) is 6.34. The molecular formula is C19H17N5O3S. The number of amides is 1. The second-order valence-corrected chi connectivity index (χ2v) is 7.19. The van der Waals surface area contributed by atoms with E-state index >= 15 is 0 Å². The highest BCUT2D eigenvalue weighted by Crippen LogP contribution is 2.24. The van der Waals surface area contributed by atoms with Crippen molar-refractivity contribution >= 4 is 33.4 Å². The number of carbonyl (C=O) groups is 1. The largest absolute Gasteiger partial charge is 0.332 e. The number of aromatic nitrogens is 4. The molecule has 3 heterocycles. The Kier molecular flexibility index (Phi) is 4.44. The molecule has 8 nitrogen and oxygen atoms in total. The predicted octanol–water partition coefficient (Wildman–Crippen LogP) is 1.80. The van der Waals surface area contributed by atoms with Crippen molar-refractivity contribution in [2.24, 2.45) is 14.1 Å². The van der Waals surface area contributed by atoms with Crippen molar-refractivity contribution in [2.75, 3.05) is 5.32 Å². The Morgan fingerprint density at radius 3 is 2.61 bits per heavy atom. The topological polar surface area (TPSA) is 90.9 Å². The number of carbonyl (C=O) groups excluding carboxylic acids is 1. The summed E-state index contributed by atoms with van der Waals surface area (Å²) in [5.41, 5.74) is 1.72. The van der Waals surface area contributed by atoms with Gasteiger partial charge in [0.05, 0.1) is 11.2 Å². The summed E-state index contributed by atoms with van der Waals surface area (Å²) < 4.78 is 3.96. The van der Waals surface area contributed by atoms with Crippen LogP contribution in [0.3, 0.4) is 0 Å². The van der Waals surface area contributed by atoms with Crippen molar-refractivity contribution in [3.8, 4) is 11.3 Å². The minimum atomic E-state index is -0.434. The first-order valence-corrected chi connectivity index (χ1v) is 9.39. The first-order chi connectivity index (χ1) is 13.5. The van der Waals surface area contributed by atoms with E-state index < -0.39 is 11.2 Å². The molecule has 28 heavy (non-hydrogen) atoms. The van der Waals surface area contributed by atoms with Gasteiger partial charge >= 0.3 is 5.69 Å². The third-order valence-corrected chi connectivity index (χ3v) is 5.28. The van der Waals surface area contributed by atoms with Crippen LogP contribution < -0.4 is 16.6 Å². The Labute approximate surface area is 163 Å². The number of thiazole rings is 1. The summed E-state index contributed by atoms with van der Waals surface area (Å²) in [6, 6.07) is 11.3. The lowest BCUT2D eigenvalue weighted by molar-refractivity contribution is -0.116. The zero-order valence-corrected chi connectivity index (χ0v) is 16.1. The molecule has 1 N–H and O–H groups in total.